The van der Waals surface area contributed by atoms with Crippen LogP contribution in [-0.4, -0.2) is 78.6 Å². The summed E-state index contributed by atoms with van der Waals surface area (Å²) in [6, 6.07) is 2.86. The number of carbonyl (C=O) groups excluding carboxylic acids is 3. The van der Waals surface area contributed by atoms with E-state index in [4.69, 9.17) is 4.74 Å². The molecule has 15 heteroatoms. The third-order valence-electron chi connectivity index (χ3n) is 5.23. The van der Waals surface area contributed by atoms with Gasteiger partial charge < -0.3 is 35.3 Å². The van der Waals surface area contributed by atoms with Crippen molar-refractivity contribution in [2.24, 2.45) is 5.92 Å². The first-order valence-electron chi connectivity index (χ1n) is 12.7. The summed E-state index contributed by atoms with van der Waals surface area (Å²) in [5.74, 6) is -4.12. The Hall–Kier alpha value is -3.46. The van der Waals surface area contributed by atoms with E-state index in [0.717, 1.165) is 0 Å². The summed E-state index contributed by atoms with van der Waals surface area (Å²) >= 11 is 0. The summed E-state index contributed by atoms with van der Waals surface area (Å²) in [6.45, 7) is 0.311. The highest BCUT2D eigenvalue weighted by molar-refractivity contribution is 5.93. The second-order valence-corrected chi connectivity index (χ2v) is 10.4. The maximum Gasteiger partial charge on any atom is 0.408 e. The molecule has 1 aromatic rings. The van der Waals surface area contributed by atoms with Crippen LogP contribution in [0.15, 0.2) is 30.3 Å². The third-order valence-corrected chi connectivity index (χ3v) is 5.23. The number of carboxylic acid groups (broad SMARTS) is 1. The van der Waals surface area contributed by atoms with E-state index >= 15 is 0 Å². The Bertz CT molecular complexity index is 993. The molecule has 1 unspecified atom stereocenters. The molecule has 11 nitrogen and oxygen atoms in total. The van der Waals surface area contributed by atoms with Crippen molar-refractivity contribution in [1.29, 1.82) is 0 Å². The Morgan fingerprint density at radius 2 is 1.46 bits per heavy atom. The second-order valence-electron chi connectivity index (χ2n) is 10.4. The van der Waals surface area contributed by atoms with Crippen molar-refractivity contribution in [3.8, 4) is 0 Å². The standard InChI is InChI=1S/C26H37F4N3O8/c1-14(2)11-16(31-21(35)17(13-39-23(27)28)32-25(38)41-26(3,4)5)20(34)33-19(22(36)37)18(40-24(29)30)12-15-9-7-6-8-10-15/h6-10,14,16-19,23-24H,11-13H2,1-5H3,(H,31,35)(H,32,38)(H,33,34)(H,36,37)/t16-,17-,18?,19-/m0/s1. The van der Waals surface area contributed by atoms with Gasteiger partial charge in [-0.1, -0.05) is 44.2 Å². The fourth-order valence-electron chi connectivity index (χ4n) is 3.57. The van der Waals surface area contributed by atoms with Crippen LogP contribution in [0, 0.1) is 5.92 Å². The maximum atomic E-state index is 13.2. The second kappa shape index (κ2) is 16.7. The van der Waals surface area contributed by atoms with E-state index in [1.165, 1.54) is 20.8 Å². The highest BCUT2D eigenvalue weighted by atomic mass is 19.3. The summed E-state index contributed by atoms with van der Waals surface area (Å²) in [5.41, 5.74) is -0.530. The fourth-order valence-corrected chi connectivity index (χ4v) is 3.57. The van der Waals surface area contributed by atoms with Gasteiger partial charge in [0.15, 0.2) is 6.04 Å². The van der Waals surface area contributed by atoms with Gasteiger partial charge in [0.05, 0.1) is 12.7 Å². The number of carbonyl (C=O) groups is 4. The van der Waals surface area contributed by atoms with Crippen LogP contribution in [0.3, 0.4) is 0 Å². The van der Waals surface area contributed by atoms with E-state index in [0.29, 0.717) is 5.56 Å². The maximum absolute atomic E-state index is 13.2. The van der Waals surface area contributed by atoms with Crippen LogP contribution < -0.4 is 16.0 Å². The van der Waals surface area contributed by atoms with Crippen LogP contribution in [0.1, 0.15) is 46.6 Å². The van der Waals surface area contributed by atoms with Crippen molar-refractivity contribution in [2.75, 3.05) is 6.61 Å². The molecule has 0 saturated heterocycles. The molecule has 0 spiro atoms. The quantitative estimate of drug-likeness (QED) is 0.213. The number of hydrogen-bond donors (Lipinski definition) is 4. The fraction of sp³-hybridized carbons (Fsp3) is 0.615. The number of carboxylic acids is 1. The number of hydrogen-bond acceptors (Lipinski definition) is 7. The molecule has 1 aromatic carbocycles. The first-order chi connectivity index (χ1) is 19.0. The Morgan fingerprint density at radius 1 is 0.878 bits per heavy atom. The highest BCUT2D eigenvalue weighted by Crippen LogP contribution is 2.15. The van der Waals surface area contributed by atoms with Gasteiger partial charge in [-0.25, -0.2) is 9.59 Å². The number of alkyl halides is 4. The van der Waals surface area contributed by atoms with Crippen molar-refractivity contribution in [1.82, 2.24) is 16.0 Å². The molecule has 0 aliphatic carbocycles. The SMILES string of the molecule is CC(C)C[C@H](NC(=O)[C@H](COC(F)F)NC(=O)OC(C)(C)C)C(=O)N[C@H](C(=O)O)C(Cc1ccccc1)OC(F)F. The Balaban J connectivity index is 3.17. The molecule has 3 amide bonds. The highest BCUT2D eigenvalue weighted by Gasteiger charge is 2.36. The van der Waals surface area contributed by atoms with E-state index < -0.39 is 73.5 Å². The van der Waals surface area contributed by atoms with E-state index in [9.17, 15) is 41.8 Å². The molecule has 0 saturated carbocycles. The average Bonchev–Trinajstić information content (AvgIpc) is 2.82. The Morgan fingerprint density at radius 3 is 1.95 bits per heavy atom. The lowest BCUT2D eigenvalue weighted by molar-refractivity contribution is -0.179. The molecule has 0 aromatic heterocycles. The van der Waals surface area contributed by atoms with Gasteiger partial charge in [-0.2, -0.15) is 17.6 Å². The minimum Gasteiger partial charge on any atom is -0.480 e. The van der Waals surface area contributed by atoms with E-state index in [1.807, 2.05) is 0 Å². The lowest BCUT2D eigenvalue weighted by atomic mass is 9.99. The molecule has 1 rings (SSSR count). The lowest BCUT2D eigenvalue weighted by Gasteiger charge is -2.29. The van der Waals surface area contributed by atoms with Gasteiger partial charge in [0.25, 0.3) is 0 Å². The molecular weight excluding hydrogens is 558 g/mol. The molecule has 4 atom stereocenters. The molecule has 0 aliphatic rings. The Kier molecular flexibility index (Phi) is 14.5. The number of amides is 3. The number of ether oxygens (including phenoxy) is 3. The predicted octanol–water partition coefficient (Wildman–Crippen LogP) is 3.07. The van der Waals surface area contributed by atoms with Crippen LogP contribution in [-0.2, 0) is 35.0 Å². The van der Waals surface area contributed by atoms with Crippen molar-refractivity contribution in [3.63, 3.8) is 0 Å². The number of alkyl carbamates (subject to hydrolysis) is 1. The molecule has 41 heavy (non-hydrogen) atoms. The van der Waals surface area contributed by atoms with Crippen molar-refractivity contribution in [2.45, 2.75) is 90.5 Å². The van der Waals surface area contributed by atoms with Crippen molar-refractivity contribution in [3.05, 3.63) is 35.9 Å². The van der Waals surface area contributed by atoms with Crippen LogP contribution in [0.4, 0.5) is 22.4 Å². The normalized spacial score (nSPS) is 14.7. The third kappa shape index (κ3) is 14.7. The van der Waals surface area contributed by atoms with Crippen molar-refractivity contribution < 1.29 is 56.1 Å². The van der Waals surface area contributed by atoms with Gasteiger partial charge in [-0.05, 0) is 38.7 Å². The summed E-state index contributed by atoms with van der Waals surface area (Å²) in [6.07, 6.45) is -3.19. The topological polar surface area (TPSA) is 152 Å². The smallest absolute Gasteiger partial charge is 0.408 e. The zero-order chi connectivity index (χ0) is 31.3. The zero-order valence-corrected chi connectivity index (χ0v) is 23.4. The lowest BCUT2D eigenvalue weighted by Crippen LogP contribution is -2.59. The van der Waals surface area contributed by atoms with Gasteiger partial charge in [-0.15, -0.1) is 0 Å². The van der Waals surface area contributed by atoms with E-state index in [1.54, 1.807) is 44.2 Å². The molecule has 0 aliphatic heterocycles. The molecule has 232 valence electrons. The number of rotatable bonds is 16. The molecule has 0 fully saturated rings. The van der Waals surface area contributed by atoms with Gasteiger partial charge >= 0.3 is 25.3 Å². The molecule has 0 radical (unpaired) electrons. The Labute approximate surface area is 235 Å². The van der Waals surface area contributed by atoms with Gasteiger partial charge in [0, 0.05) is 6.42 Å². The van der Waals surface area contributed by atoms with Gasteiger partial charge in [0.2, 0.25) is 11.8 Å². The minimum absolute atomic E-state index is 0.0716. The molecular formula is C26H37F4N3O8. The summed E-state index contributed by atoms with van der Waals surface area (Å²) in [4.78, 5) is 50.3. The van der Waals surface area contributed by atoms with E-state index in [2.05, 4.69) is 25.4 Å². The van der Waals surface area contributed by atoms with Crippen LogP contribution in [0.25, 0.3) is 0 Å². The number of benzene rings is 1. The van der Waals surface area contributed by atoms with Gasteiger partial charge in [0.1, 0.15) is 17.7 Å². The predicted molar refractivity (Wildman–Crippen MR) is 137 cm³/mol. The van der Waals surface area contributed by atoms with Crippen LogP contribution in [0.5, 0.6) is 0 Å². The largest absolute Gasteiger partial charge is 0.480 e. The molecule has 4 N–H and O–H groups in total. The first kappa shape index (κ1) is 35.6. The van der Waals surface area contributed by atoms with Crippen LogP contribution >= 0.6 is 0 Å². The van der Waals surface area contributed by atoms with Gasteiger partial charge in [-0.3, -0.25) is 9.59 Å². The summed E-state index contributed by atoms with van der Waals surface area (Å²) in [7, 11) is 0. The van der Waals surface area contributed by atoms with Crippen molar-refractivity contribution >= 4 is 23.9 Å². The zero-order valence-electron chi connectivity index (χ0n) is 23.4. The average molecular weight is 596 g/mol. The van der Waals surface area contributed by atoms with E-state index in [-0.39, 0.29) is 18.8 Å². The number of halogens is 4. The first-order valence-corrected chi connectivity index (χ1v) is 12.7. The molecule has 0 bridgehead atoms. The van der Waals surface area contributed by atoms with Crippen LogP contribution in [0.2, 0.25) is 0 Å². The molecule has 0 heterocycles. The minimum atomic E-state index is -3.36. The monoisotopic (exact) mass is 595 g/mol. The number of aliphatic carboxylic acids is 1. The number of nitrogens with one attached hydrogen (secondary N) is 3. The summed E-state index contributed by atoms with van der Waals surface area (Å²) < 4.78 is 65.5. The summed E-state index contributed by atoms with van der Waals surface area (Å²) in [5, 5.41) is 16.3.